The van der Waals surface area contributed by atoms with Gasteiger partial charge in [0.05, 0.1) is 12.0 Å². The van der Waals surface area contributed by atoms with Crippen LogP contribution in [0.25, 0.3) is 0 Å². The molecule has 0 aliphatic heterocycles. The molecule has 9 heavy (non-hydrogen) atoms. The minimum Gasteiger partial charge on any atom is -0.198 e. The molecule has 0 amide bonds. The van der Waals surface area contributed by atoms with Crippen LogP contribution < -0.4 is 0 Å². The molecule has 0 aliphatic carbocycles. The molecule has 0 saturated carbocycles. The lowest BCUT2D eigenvalue weighted by Crippen LogP contribution is -2.03. The van der Waals surface area contributed by atoms with Crippen molar-refractivity contribution in [2.45, 2.75) is 6.92 Å². The zero-order chi connectivity index (χ0) is 7.49. The Kier molecular flexibility index (Phi) is 2.99. The summed E-state index contributed by atoms with van der Waals surface area (Å²) in [5, 5.41) is 8.29. The fraction of sp³-hybridized carbons (Fsp3) is 0.833. The zero-order valence-corrected chi connectivity index (χ0v) is 6.83. The maximum Gasteiger partial charge on any atom is 0.0661 e. The van der Waals surface area contributed by atoms with Gasteiger partial charge in [-0.1, -0.05) is 10.4 Å². The Morgan fingerprint density at radius 1 is 1.67 bits per heavy atom. The zero-order valence-electron chi connectivity index (χ0n) is 6.02. The van der Waals surface area contributed by atoms with Crippen LogP contribution >= 0.6 is 10.4 Å². The molecule has 0 heterocycles. The van der Waals surface area contributed by atoms with Gasteiger partial charge in [0.1, 0.15) is 0 Å². The van der Waals surface area contributed by atoms with Crippen LogP contribution in [0.2, 0.25) is 0 Å². The number of hydrogen-bond acceptors (Lipinski definition) is 1. The second kappa shape index (κ2) is 3.07. The maximum atomic E-state index is 12.8. The van der Waals surface area contributed by atoms with Crippen LogP contribution in [0.3, 0.4) is 0 Å². The van der Waals surface area contributed by atoms with Gasteiger partial charge in [0.2, 0.25) is 0 Å². The van der Waals surface area contributed by atoms with Crippen LogP contribution in [-0.4, -0.2) is 18.3 Å². The van der Waals surface area contributed by atoms with E-state index in [2.05, 4.69) is 0 Å². The number of hydrogen-bond donors (Lipinski definition) is 0. The molecule has 0 N–H and O–H groups in total. The van der Waals surface area contributed by atoms with E-state index >= 15 is 0 Å². The van der Waals surface area contributed by atoms with Crippen molar-refractivity contribution in [3.8, 4) is 6.07 Å². The van der Waals surface area contributed by atoms with Gasteiger partial charge >= 0.3 is 0 Å². The van der Waals surface area contributed by atoms with Gasteiger partial charge in [-0.15, -0.1) is 0 Å². The first kappa shape index (κ1) is 8.77. The summed E-state index contributed by atoms with van der Waals surface area (Å²) in [5.74, 6) is 0.267. The highest BCUT2D eigenvalue weighted by Gasteiger charge is 2.13. The highest BCUT2D eigenvalue weighted by molar-refractivity contribution is 8.28. The van der Waals surface area contributed by atoms with E-state index in [0.717, 1.165) is 0 Å². The van der Waals surface area contributed by atoms with E-state index in [-0.39, 0.29) is 5.92 Å². The van der Waals surface area contributed by atoms with E-state index in [9.17, 15) is 3.89 Å². The largest absolute Gasteiger partial charge is 0.198 e. The second-order valence-corrected chi connectivity index (χ2v) is 5.74. The van der Waals surface area contributed by atoms with Gasteiger partial charge in [0.25, 0.3) is 0 Å². The number of nitrogens with zero attached hydrogens (tertiary/aromatic N) is 1. The van der Waals surface area contributed by atoms with Crippen molar-refractivity contribution >= 4 is 10.4 Å². The van der Waals surface area contributed by atoms with E-state index in [1.165, 1.54) is 0 Å². The van der Waals surface area contributed by atoms with E-state index in [4.69, 9.17) is 5.26 Å². The average molecular weight is 149 g/mol. The quantitative estimate of drug-likeness (QED) is 0.589. The molecule has 0 aromatic rings. The number of nitriles is 1. The molecule has 54 valence electrons. The Morgan fingerprint density at radius 2 is 2.11 bits per heavy atom. The van der Waals surface area contributed by atoms with E-state index < -0.39 is 10.4 Å². The average Bonchev–Trinajstić information content (AvgIpc) is 1.62. The molecule has 1 atom stereocenters. The van der Waals surface area contributed by atoms with Crippen LogP contribution in [-0.2, 0) is 0 Å². The van der Waals surface area contributed by atoms with Gasteiger partial charge in [-0.05, 0) is 19.4 Å². The maximum absolute atomic E-state index is 12.8. The Morgan fingerprint density at radius 3 is 2.22 bits per heavy atom. The van der Waals surface area contributed by atoms with Crippen LogP contribution in [0.15, 0.2) is 0 Å². The molecule has 0 aliphatic rings. The molecule has 0 radical (unpaired) electrons. The standard InChI is InChI=1S/C6H12FNS/c1-6(4-8)5-9(2,3)7/h6H,5H2,1-3H3. The van der Waals surface area contributed by atoms with E-state index in [1.807, 2.05) is 6.07 Å². The van der Waals surface area contributed by atoms with Gasteiger partial charge in [0.15, 0.2) is 0 Å². The lowest BCUT2D eigenvalue weighted by molar-refractivity contribution is 0.814. The smallest absolute Gasteiger partial charge is 0.0661 e. The predicted octanol–water partition coefficient (Wildman–Crippen LogP) is 2.09. The Bertz CT molecular complexity index is 122. The van der Waals surface area contributed by atoms with Crippen LogP contribution in [0.5, 0.6) is 0 Å². The SMILES string of the molecule is CC(C#N)CS(C)(C)F. The molecule has 0 rings (SSSR count). The lowest BCUT2D eigenvalue weighted by atomic mass is 10.3. The summed E-state index contributed by atoms with van der Waals surface area (Å²) >= 11 is 0. The molecule has 3 heteroatoms. The monoisotopic (exact) mass is 149 g/mol. The third-order valence-electron chi connectivity index (χ3n) is 0.867. The van der Waals surface area contributed by atoms with Crippen LogP contribution in [0.1, 0.15) is 6.92 Å². The van der Waals surface area contributed by atoms with Gasteiger partial charge in [0, 0.05) is 5.75 Å². The molecule has 1 nitrogen and oxygen atoms in total. The summed E-state index contributed by atoms with van der Waals surface area (Å²) in [6, 6.07) is 2.00. The van der Waals surface area contributed by atoms with Gasteiger partial charge in [-0.25, -0.2) is 0 Å². The molecular weight excluding hydrogens is 137 g/mol. The molecular formula is C6H12FNS. The first-order valence-corrected chi connectivity index (χ1v) is 5.28. The Balaban J connectivity index is 3.63. The van der Waals surface area contributed by atoms with Gasteiger partial charge < -0.3 is 0 Å². The fourth-order valence-electron chi connectivity index (χ4n) is 0.632. The first-order valence-electron chi connectivity index (χ1n) is 2.76. The van der Waals surface area contributed by atoms with E-state index in [0.29, 0.717) is 5.75 Å². The van der Waals surface area contributed by atoms with Crippen molar-refractivity contribution in [1.82, 2.24) is 0 Å². The van der Waals surface area contributed by atoms with Crippen molar-refractivity contribution in [2.75, 3.05) is 18.3 Å². The topological polar surface area (TPSA) is 23.8 Å². The van der Waals surface area contributed by atoms with E-state index in [1.54, 1.807) is 19.4 Å². The van der Waals surface area contributed by atoms with Crippen LogP contribution in [0, 0.1) is 17.2 Å². The van der Waals surface area contributed by atoms with Gasteiger partial charge in [-0.3, -0.25) is 0 Å². The minimum absolute atomic E-state index is 0.139. The molecule has 0 spiro atoms. The summed E-state index contributed by atoms with van der Waals surface area (Å²) in [7, 11) is -1.96. The first-order chi connectivity index (χ1) is 3.95. The lowest BCUT2D eigenvalue weighted by Gasteiger charge is -2.20. The minimum atomic E-state index is -1.96. The second-order valence-electron chi connectivity index (χ2n) is 2.60. The van der Waals surface area contributed by atoms with Crippen molar-refractivity contribution in [3.63, 3.8) is 0 Å². The normalized spacial score (nSPS) is 16.3. The molecule has 0 bridgehead atoms. The van der Waals surface area contributed by atoms with Crippen molar-refractivity contribution in [2.24, 2.45) is 5.92 Å². The molecule has 0 fully saturated rings. The van der Waals surface area contributed by atoms with Crippen LogP contribution in [0.4, 0.5) is 3.89 Å². The summed E-state index contributed by atoms with van der Waals surface area (Å²) < 4.78 is 12.8. The summed E-state index contributed by atoms with van der Waals surface area (Å²) in [6.07, 6.45) is 3.14. The third kappa shape index (κ3) is 5.64. The fourth-order valence-corrected chi connectivity index (χ4v) is 1.90. The predicted molar refractivity (Wildman–Crippen MR) is 40.2 cm³/mol. The summed E-state index contributed by atoms with van der Waals surface area (Å²) in [6.45, 7) is 1.74. The Labute approximate surface area is 57.5 Å². The molecule has 0 aromatic heterocycles. The number of halogens is 1. The number of rotatable bonds is 2. The molecule has 1 unspecified atom stereocenters. The molecule has 0 saturated heterocycles. The van der Waals surface area contributed by atoms with Crippen molar-refractivity contribution in [1.29, 1.82) is 5.26 Å². The van der Waals surface area contributed by atoms with Crippen molar-refractivity contribution in [3.05, 3.63) is 0 Å². The Hall–Kier alpha value is -0.230. The molecule has 0 aromatic carbocycles. The van der Waals surface area contributed by atoms with Crippen molar-refractivity contribution < 1.29 is 3.89 Å². The highest BCUT2D eigenvalue weighted by atomic mass is 32.3. The third-order valence-corrected chi connectivity index (χ3v) is 2.16. The summed E-state index contributed by atoms with van der Waals surface area (Å²) in [5.41, 5.74) is 0. The highest BCUT2D eigenvalue weighted by Crippen LogP contribution is 2.42. The summed E-state index contributed by atoms with van der Waals surface area (Å²) in [4.78, 5) is 0. The van der Waals surface area contributed by atoms with Gasteiger partial charge in [-0.2, -0.15) is 9.15 Å².